The predicted molar refractivity (Wildman–Crippen MR) is 126 cm³/mol. The van der Waals surface area contributed by atoms with Crippen molar-refractivity contribution in [3.63, 3.8) is 0 Å². The standard InChI is InChI=1S/C22H34N4O4S2/c1-2-3-4-8-16-26(18-17-25-14-6-5-7-15-25)32(29,30)21-11-9-10-20-19(21)12-13-24-22(20)31(23,27)28/h9-13H,2-8,14-18H2,1H3,(H2,23,27,28). The van der Waals surface area contributed by atoms with Crippen molar-refractivity contribution in [1.29, 1.82) is 0 Å². The average Bonchev–Trinajstić information content (AvgIpc) is 2.77. The molecule has 0 aliphatic carbocycles. The molecule has 1 aromatic heterocycles. The minimum absolute atomic E-state index is 0.0939. The minimum atomic E-state index is -4.08. The van der Waals surface area contributed by atoms with E-state index in [4.69, 9.17) is 5.14 Å². The molecule has 2 aromatic rings. The number of likely N-dealkylation sites (tertiary alicyclic amines) is 1. The zero-order chi connectivity index (χ0) is 23.2. The highest BCUT2D eigenvalue weighted by atomic mass is 32.2. The van der Waals surface area contributed by atoms with Crippen LogP contribution in [0, 0.1) is 0 Å². The Labute approximate surface area is 191 Å². The molecule has 1 aliphatic heterocycles. The lowest BCUT2D eigenvalue weighted by Crippen LogP contribution is -2.41. The van der Waals surface area contributed by atoms with Crippen LogP contribution in [0.4, 0.5) is 0 Å². The van der Waals surface area contributed by atoms with Gasteiger partial charge in [0.05, 0.1) is 4.90 Å². The van der Waals surface area contributed by atoms with Crippen LogP contribution in [0.3, 0.4) is 0 Å². The van der Waals surface area contributed by atoms with Gasteiger partial charge in [-0.25, -0.2) is 27.0 Å². The lowest BCUT2D eigenvalue weighted by Gasteiger charge is -2.30. The van der Waals surface area contributed by atoms with Gasteiger partial charge in [-0.15, -0.1) is 0 Å². The van der Waals surface area contributed by atoms with E-state index in [1.54, 1.807) is 16.4 Å². The first-order chi connectivity index (χ1) is 15.2. The molecule has 0 radical (unpaired) electrons. The van der Waals surface area contributed by atoms with Crippen molar-refractivity contribution in [2.24, 2.45) is 5.14 Å². The number of nitrogens with zero attached hydrogens (tertiary/aromatic N) is 3. The Hall–Kier alpha value is -1.59. The van der Waals surface area contributed by atoms with Gasteiger partial charge in [-0.2, -0.15) is 4.31 Å². The van der Waals surface area contributed by atoms with Gasteiger partial charge >= 0.3 is 0 Å². The van der Waals surface area contributed by atoms with E-state index in [-0.39, 0.29) is 15.3 Å². The summed E-state index contributed by atoms with van der Waals surface area (Å²) < 4.78 is 53.0. The zero-order valence-corrected chi connectivity index (χ0v) is 20.4. The third kappa shape index (κ3) is 6.05. The number of benzene rings is 1. The van der Waals surface area contributed by atoms with E-state index in [1.165, 1.54) is 24.8 Å². The van der Waals surface area contributed by atoms with Crippen molar-refractivity contribution in [3.05, 3.63) is 30.5 Å². The summed E-state index contributed by atoms with van der Waals surface area (Å²) in [6, 6.07) is 6.16. The molecule has 2 heterocycles. The number of unbranched alkanes of at least 4 members (excludes halogenated alkanes) is 3. The van der Waals surface area contributed by atoms with Crippen LogP contribution in [-0.2, 0) is 20.0 Å². The van der Waals surface area contributed by atoms with E-state index in [0.29, 0.717) is 25.0 Å². The Morgan fingerprint density at radius 2 is 1.72 bits per heavy atom. The third-order valence-electron chi connectivity index (χ3n) is 5.99. The number of fused-ring (bicyclic) bond motifs is 1. The molecule has 32 heavy (non-hydrogen) atoms. The summed E-state index contributed by atoms with van der Waals surface area (Å²) >= 11 is 0. The molecule has 0 atom stereocenters. The number of sulfonamides is 2. The molecule has 0 unspecified atom stereocenters. The first-order valence-corrected chi connectivity index (χ1v) is 14.4. The summed E-state index contributed by atoms with van der Waals surface area (Å²) in [7, 11) is -7.92. The molecule has 1 saturated heterocycles. The molecule has 10 heteroatoms. The number of piperidine rings is 1. The van der Waals surface area contributed by atoms with Gasteiger partial charge in [-0.3, -0.25) is 0 Å². The van der Waals surface area contributed by atoms with Gasteiger partial charge in [-0.05, 0) is 44.5 Å². The zero-order valence-electron chi connectivity index (χ0n) is 18.7. The maximum atomic E-state index is 13.8. The second-order valence-corrected chi connectivity index (χ2v) is 11.8. The van der Waals surface area contributed by atoms with E-state index in [1.807, 2.05) is 0 Å². The highest BCUT2D eigenvalue weighted by Crippen LogP contribution is 2.29. The van der Waals surface area contributed by atoms with Gasteiger partial charge in [0.15, 0.2) is 5.03 Å². The number of nitrogens with two attached hydrogens (primary N) is 1. The molecule has 1 aliphatic rings. The number of rotatable bonds is 11. The molecule has 2 N–H and O–H groups in total. The van der Waals surface area contributed by atoms with Crippen LogP contribution in [0.5, 0.6) is 0 Å². The molecule has 0 spiro atoms. The van der Waals surface area contributed by atoms with Crippen molar-refractivity contribution in [2.75, 3.05) is 32.7 Å². The van der Waals surface area contributed by atoms with Gasteiger partial charge in [-0.1, -0.05) is 44.7 Å². The van der Waals surface area contributed by atoms with Crippen molar-refractivity contribution in [3.8, 4) is 0 Å². The third-order valence-corrected chi connectivity index (χ3v) is 8.81. The molecule has 0 bridgehead atoms. The van der Waals surface area contributed by atoms with Gasteiger partial charge < -0.3 is 4.90 Å². The molecular weight excluding hydrogens is 448 g/mol. The Kier molecular flexibility index (Phi) is 8.62. The monoisotopic (exact) mass is 482 g/mol. The normalized spacial score (nSPS) is 16.1. The van der Waals surface area contributed by atoms with Gasteiger partial charge in [0.1, 0.15) is 0 Å². The first-order valence-electron chi connectivity index (χ1n) is 11.4. The molecular formula is C22H34N4O4S2. The predicted octanol–water partition coefficient (Wildman–Crippen LogP) is 2.94. The molecule has 1 fully saturated rings. The van der Waals surface area contributed by atoms with Crippen LogP contribution in [0.25, 0.3) is 10.8 Å². The smallest absolute Gasteiger partial charge is 0.256 e. The molecule has 0 saturated carbocycles. The summed E-state index contributed by atoms with van der Waals surface area (Å²) in [6.45, 7) is 5.68. The van der Waals surface area contributed by atoms with E-state index < -0.39 is 20.0 Å². The summed E-state index contributed by atoms with van der Waals surface area (Å²) in [5, 5.41) is 5.54. The van der Waals surface area contributed by atoms with Gasteiger partial charge in [0.2, 0.25) is 10.0 Å². The molecule has 1 aromatic carbocycles. The van der Waals surface area contributed by atoms with Crippen LogP contribution in [-0.4, -0.2) is 63.7 Å². The molecule has 0 amide bonds. The number of hydrogen-bond acceptors (Lipinski definition) is 6. The van der Waals surface area contributed by atoms with E-state index >= 15 is 0 Å². The Morgan fingerprint density at radius 3 is 2.41 bits per heavy atom. The Balaban J connectivity index is 1.94. The average molecular weight is 483 g/mol. The topological polar surface area (TPSA) is 114 Å². The largest absolute Gasteiger partial charge is 0.302 e. The number of primary sulfonamides is 1. The van der Waals surface area contributed by atoms with Gasteiger partial charge in [0.25, 0.3) is 10.0 Å². The molecule has 178 valence electrons. The highest BCUT2D eigenvalue weighted by Gasteiger charge is 2.28. The van der Waals surface area contributed by atoms with Gasteiger partial charge in [0, 0.05) is 36.6 Å². The maximum absolute atomic E-state index is 13.8. The summed E-state index contributed by atoms with van der Waals surface area (Å²) in [4.78, 5) is 6.30. The highest BCUT2D eigenvalue weighted by molar-refractivity contribution is 7.89. The Morgan fingerprint density at radius 1 is 0.969 bits per heavy atom. The van der Waals surface area contributed by atoms with Crippen LogP contribution in [0.15, 0.2) is 40.4 Å². The Bertz CT molecular complexity index is 1110. The van der Waals surface area contributed by atoms with E-state index in [2.05, 4.69) is 16.8 Å². The van der Waals surface area contributed by atoms with E-state index in [9.17, 15) is 16.8 Å². The van der Waals surface area contributed by atoms with Crippen molar-refractivity contribution in [1.82, 2.24) is 14.2 Å². The number of aromatic nitrogens is 1. The maximum Gasteiger partial charge on any atom is 0.256 e. The van der Waals surface area contributed by atoms with Crippen molar-refractivity contribution < 1.29 is 16.8 Å². The number of hydrogen-bond donors (Lipinski definition) is 1. The fourth-order valence-electron chi connectivity index (χ4n) is 4.25. The minimum Gasteiger partial charge on any atom is -0.302 e. The summed E-state index contributed by atoms with van der Waals surface area (Å²) in [5.41, 5.74) is 0. The first kappa shape index (κ1) is 25.0. The lowest BCUT2D eigenvalue weighted by atomic mass is 10.1. The van der Waals surface area contributed by atoms with Crippen LogP contribution >= 0.6 is 0 Å². The van der Waals surface area contributed by atoms with Crippen LogP contribution < -0.4 is 5.14 Å². The summed E-state index contributed by atoms with van der Waals surface area (Å²) in [5.74, 6) is 0. The van der Waals surface area contributed by atoms with Crippen LogP contribution in [0.1, 0.15) is 51.9 Å². The van der Waals surface area contributed by atoms with E-state index in [0.717, 1.165) is 51.6 Å². The fraction of sp³-hybridized carbons (Fsp3) is 0.591. The van der Waals surface area contributed by atoms with Crippen LogP contribution in [0.2, 0.25) is 0 Å². The quantitative estimate of drug-likeness (QED) is 0.493. The number of pyridine rings is 1. The SMILES string of the molecule is CCCCCCN(CCN1CCCCC1)S(=O)(=O)c1cccc2c(S(N)(=O)=O)nccc12. The second kappa shape index (κ2) is 11.0. The van der Waals surface area contributed by atoms with Crippen molar-refractivity contribution >= 4 is 30.8 Å². The molecule has 8 nitrogen and oxygen atoms in total. The molecule has 3 rings (SSSR count). The lowest BCUT2D eigenvalue weighted by molar-refractivity contribution is 0.212. The fourth-order valence-corrected chi connectivity index (χ4v) is 6.61. The van der Waals surface area contributed by atoms with Crippen molar-refractivity contribution in [2.45, 2.75) is 61.8 Å². The summed E-state index contributed by atoms with van der Waals surface area (Å²) in [6.07, 6.45) is 8.73. The second-order valence-electron chi connectivity index (χ2n) is 8.38.